The Morgan fingerprint density at radius 3 is 3.07 bits per heavy atom. The zero-order chi connectivity index (χ0) is 10.1. The zero-order valence-corrected chi connectivity index (χ0v) is 8.28. The number of cyclic esters (lactones) is 1. The second kappa shape index (κ2) is 3.42. The van der Waals surface area contributed by atoms with Gasteiger partial charge in [-0.1, -0.05) is 11.6 Å². The molecule has 1 aromatic heterocycles. The van der Waals surface area contributed by atoms with Gasteiger partial charge in [0.2, 0.25) is 0 Å². The highest BCUT2D eigenvalue weighted by molar-refractivity contribution is 6.29. The van der Waals surface area contributed by atoms with E-state index in [1.54, 1.807) is 6.92 Å². The van der Waals surface area contributed by atoms with Crippen molar-refractivity contribution in [3.8, 4) is 0 Å². The van der Waals surface area contributed by atoms with E-state index in [0.29, 0.717) is 24.7 Å². The quantitative estimate of drug-likeness (QED) is 0.708. The zero-order valence-electron chi connectivity index (χ0n) is 7.53. The third-order valence-electron chi connectivity index (χ3n) is 1.92. The van der Waals surface area contributed by atoms with Crippen molar-refractivity contribution in [2.75, 3.05) is 18.1 Å². The van der Waals surface area contributed by atoms with Crippen LogP contribution in [0, 0.1) is 6.92 Å². The van der Waals surface area contributed by atoms with Crippen LogP contribution in [0.2, 0.25) is 5.15 Å². The average molecular weight is 214 g/mol. The number of carbonyl (C=O) groups excluding carboxylic acids is 1. The number of aryl methyl sites for hydroxylation is 1. The van der Waals surface area contributed by atoms with Crippen LogP contribution in [0.1, 0.15) is 5.69 Å². The van der Waals surface area contributed by atoms with E-state index in [0.717, 1.165) is 0 Å². The second-order valence-electron chi connectivity index (χ2n) is 2.87. The van der Waals surface area contributed by atoms with E-state index >= 15 is 0 Å². The van der Waals surface area contributed by atoms with Gasteiger partial charge >= 0.3 is 6.09 Å². The van der Waals surface area contributed by atoms with Crippen molar-refractivity contribution in [3.05, 3.63) is 17.0 Å². The average Bonchev–Trinajstić information content (AvgIpc) is 2.56. The summed E-state index contributed by atoms with van der Waals surface area (Å²) >= 11 is 5.69. The maximum absolute atomic E-state index is 11.2. The number of amides is 1. The predicted molar refractivity (Wildman–Crippen MR) is 50.5 cm³/mol. The first-order chi connectivity index (χ1) is 6.68. The number of hydrogen-bond acceptors (Lipinski definition) is 4. The molecule has 0 radical (unpaired) electrons. The lowest BCUT2D eigenvalue weighted by Crippen LogP contribution is -2.25. The number of rotatable bonds is 1. The first-order valence-electron chi connectivity index (χ1n) is 4.12. The first kappa shape index (κ1) is 9.21. The fourth-order valence-electron chi connectivity index (χ4n) is 1.26. The molecule has 1 saturated heterocycles. The van der Waals surface area contributed by atoms with Gasteiger partial charge in [-0.15, -0.1) is 0 Å². The van der Waals surface area contributed by atoms with E-state index in [-0.39, 0.29) is 5.15 Å². The van der Waals surface area contributed by atoms with Gasteiger partial charge in [0.25, 0.3) is 0 Å². The Labute approximate surface area is 85.7 Å². The molecule has 2 rings (SSSR count). The molecule has 1 amide bonds. The van der Waals surface area contributed by atoms with Crippen LogP contribution in [0.4, 0.5) is 10.6 Å². The number of aromatic nitrogens is 2. The molecule has 74 valence electrons. The highest BCUT2D eigenvalue weighted by Gasteiger charge is 2.26. The summed E-state index contributed by atoms with van der Waals surface area (Å²) in [7, 11) is 0. The molecule has 1 aliphatic rings. The van der Waals surface area contributed by atoms with Gasteiger partial charge in [-0.3, -0.25) is 9.88 Å². The molecule has 0 aromatic carbocycles. The summed E-state index contributed by atoms with van der Waals surface area (Å²) in [5.41, 5.74) is 0.660. The van der Waals surface area contributed by atoms with Crippen molar-refractivity contribution in [1.82, 2.24) is 9.97 Å². The van der Waals surface area contributed by atoms with E-state index in [1.807, 2.05) is 0 Å². The van der Waals surface area contributed by atoms with Crippen LogP contribution in [-0.2, 0) is 4.74 Å². The second-order valence-corrected chi connectivity index (χ2v) is 3.25. The molecule has 0 bridgehead atoms. The van der Waals surface area contributed by atoms with Gasteiger partial charge in [0, 0.05) is 0 Å². The topological polar surface area (TPSA) is 55.3 Å². The fraction of sp³-hybridized carbons (Fsp3) is 0.375. The van der Waals surface area contributed by atoms with Gasteiger partial charge in [-0.2, -0.15) is 0 Å². The molecule has 1 aliphatic heterocycles. The summed E-state index contributed by atoms with van der Waals surface area (Å²) in [6, 6.07) is 0. The number of anilines is 1. The summed E-state index contributed by atoms with van der Waals surface area (Å²) in [6.07, 6.45) is 1.05. The van der Waals surface area contributed by atoms with Crippen molar-refractivity contribution in [2.45, 2.75) is 6.92 Å². The molecule has 1 aromatic rings. The predicted octanol–water partition coefficient (Wildman–Crippen LogP) is 1.40. The standard InChI is InChI=1S/C8H8ClN3O2/c1-5-7(11-6(9)4-10-5)12-2-3-14-8(12)13/h4H,2-3H2,1H3. The van der Waals surface area contributed by atoms with E-state index in [4.69, 9.17) is 16.3 Å². The summed E-state index contributed by atoms with van der Waals surface area (Å²) in [4.78, 5) is 20.7. The molecule has 5 nitrogen and oxygen atoms in total. The molecule has 0 aliphatic carbocycles. The molecule has 0 unspecified atom stereocenters. The molecule has 6 heteroatoms. The molecule has 0 spiro atoms. The van der Waals surface area contributed by atoms with E-state index in [1.165, 1.54) is 11.1 Å². The van der Waals surface area contributed by atoms with Gasteiger partial charge < -0.3 is 4.74 Å². The van der Waals surface area contributed by atoms with E-state index in [2.05, 4.69) is 9.97 Å². The lowest BCUT2D eigenvalue weighted by molar-refractivity contribution is 0.181. The SMILES string of the molecule is Cc1ncc(Cl)nc1N1CCOC1=O. The minimum atomic E-state index is -0.398. The van der Waals surface area contributed by atoms with Crippen LogP contribution in [0.25, 0.3) is 0 Å². The van der Waals surface area contributed by atoms with E-state index < -0.39 is 6.09 Å². The molecule has 0 saturated carbocycles. The number of ether oxygens (including phenoxy) is 1. The van der Waals surface area contributed by atoms with Crippen LogP contribution in [0.15, 0.2) is 6.20 Å². The molecule has 1 fully saturated rings. The minimum Gasteiger partial charge on any atom is -0.447 e. The Morgan fingerprint density at radius 1 is 1.64 bits per heavy atom. The van der Waals surface area contributed by atoms with Gasteiger partial charge in [0.15, 0.2) is 5.82 Å². The number of halogens is 1. The van der Waals surface area contributed by atoms with Crippen LogP contribution < -0.4 is 4.90 Å². The minimum absolute atomic E-state index is 0.269. The number of hydrogen-bond donors (Lipinski definition) is 0. The fourth-order valence-corrected chi connectivity index (χ4v) is 1.39. The Hall–Kier alpha value is -1.36. The molecular weight excluding hydrogens is 206 g/mol. The summed E-state index contributed by atoms with van der Waals surface area (Å²) in [5.74, 6) is 0.472. The lowest BCUT2D eigenvalue weighted by Gasteiger charge is -2.12. The Kier molecular flexibility index (Phi) is 2.25. The maximum atomic E-state index is 11.2. The third kappa shape index (κ3) is 1.50. The maximum Gasteiger partial charge on any atom is 0.415 e. The van der Waals surface area contributed by atoms with E-state index in [9.17, 15) is 4.79 Å². The molecule has 0 atom stereocenters. The van der Waals surface area contributed by atoms with Crippen LogP contribution >= 0.6 is 11.6 Å². The normalized spacial score (nSPS) is 15.9. The third-order valence-corrected chi connectivity index (χ3v) is 2.10. The Morgan fingerprint density at radius 2 is 2.43 bits per heavy atom. The van der Waals surface area contributed by atoms with Crippen LogP contribution in [0.5, 0.6) is 0 Å². The summed E-state index contributed by atoms with van der Waals surface area (Å²) in [5, 5.41) is 0.269. The smallest absolute Gasteiger partial charge is 0.415 e. The van der Waals surface area contributed by atoms with Crippen molar-refractivity contribution in [2.24, 2.45) is 0 Å². The molecule has 0 N–H and O–H groups in total. The molecule has 14 heavy (non-hydrogen) atoms. The van der Waals surface area contributed by atoms with Crippen LogP contribution in [0.3, 0.4) is 0 Å². The largest absolute Gasteiger partial charge is 0.447 e. The number of nitrogens with zero attached hydrogens (tertiary/aromatic N) is 3. The van der Waals surface area contributed by atoms with Crippen molar-refractivity contribution >= 4 is 23.5 Å². The molecular formula is C8H8ClN3O2. The summed E-state index contributed by atoms with van der Waals surface area (Å²) in [6.45, 7) is 2.64. The van der Waals surface area contributed by atoms with Gasteiger partial charge in [-0.05, 0) is 6.92 Å². The van der Waals surface area contributed by atoms with Gasteiger partial charge in [0.05, 0.1) is 18.4 Å². The van der Waals surface area contributed by atoms with Crippen LogP contribution in [-0.4, -0.2) is 29.2 Å². The highest BCUT2D eigenvalue weighted by Crippen LogP contribution is 2.20. The van der Waals surface area contributed by atoms with Gasteiger partial charge in [0.1, 0.15) is 11.8 Å². The highest BCUT2D eigenvalue weighted by atomic mass is 35.5. The first-order valence-corrected chi connectivity index (χ1v) is 4.50. The van der Waals surface area contributed by atoms with Crippen molar-refractivity contribution in [1.29, 1.82) is 0 Å². The van der Waals surface area contributed by atoms with Crippen molar-refractivity contribution < 1.29 is 9.53 Å². The summed E-state index contributed by atoms with van der Waals surface area (Å²) < 4.78 is 4.79. The Balaban J connectivity index is 2.39. The molecule has 2 heterocycles. The van der Waals surface area contributed by atoms with Crippen molar-refractivity contribution in [3.63, 3.8) is 0 Å². The Bertz CT molecular complexity index is 383. The monoisotopic (exact) mass is 213 g/mol. The van der Waals surface area contributed by atoms with Gasteiger partial charge in [-0.25, -0.2) is 9.78 Å². The lowest BCUT2D eigenvalue weighted by atomic mass is 10.4. The number of carbonyl (C=O) groups is 1.